The van der Waals surface area contributed by atoms with Gasteiger partial charge < -0.3 is 2.85 Å². The third-order valence-electron chi connectivity index (χ3n) is 0.798. The van der Waals surface area contributed by atoms with Gasteiger partial charge in [0.15, 0.2) is 0 Å². The van der Waals surface area contributed by atoms with E-state index in [0.717, 1.165) is 6.42 Å². The molecule has 0 aromatic carbocycles. The molecule has 0 aromatic heterocycles. The summed E-state index contributed by atoms with van der Waals surface area (Å²) >= 11 is 0. The maximum atomic E-state index is 9.65. The Morgan fingerprint density at radius 1 is 1.88 bits per heavy atom. The van der Waals surface area contributed by atoms with E-state index in [1.807, 2.05) is 13.8 Å². The van der Waals surface area contributed by atoms with Crippen molar-refractivity contribution < 1.29 is 11.9 Å². The van der Waals surface area contributed by atoms with E-state index in [9.17, 15) is 4.57 Å². The SMILES string of the molecule is CCC(C)OP=O.[Ca+2].[H-].[H-]. The fourth-order valence-corrected chi connectivity index (χ4v) is 0.444. The quantitative estimate of drug-likeness (QED) is 0.467. The second-order valence-electron chi connectivity index (χ2n) is 1.40. The predicted octanol–water partition coefficient (Wildman–Crippen LogP) is 1.85. The van der Waals surface area contributed by atoms with E-state index in [4.69, 9.17) is 0 Å². The molecule has 0 bridgehead atoms. The third-order valence-corrected chi connectivity index (χ3v) is 1.24. The van der Waals surface area contributed by atoms with Gasteiger partial charge in [-0.2, -0.15) is 0 Å². The molecule has 0 fully saturated rings. The standard InChI is InChI=1S/C4H9O2P.Ca.2H/c1-3-4(2)6-7-5;;;/h4H,3H2,1-2H3;;;/q;+2;2*-1. The molecule has 4 heteroatoms. The number of hydrogen-bond donors (Lipinski definition) is 0. The van der Waals surface area contributed by atoms with E-state index < -0.39 is 0 Å². The molecule has 0 radical (unpaired) electrons. The van der Waals surface area contributed by atoms with Crippen LogP contribution in [0.5, 0.6) is 0 Å². The summed E-state index contributed by atoms with van der Waals surface area (Å²) in [6.07, 6.45) is 1.04. The van der Waals surface area contributed by atoms with Crippen molar-refractivity contribution in [1.29, 1.82) is 0 Å². The van der Waals surface area contributed by atoms with Crippen molar-refractivity contribution >= 4 is 46.4 Å². The zero-order valence-corrected chi connectivity index (χ0v) is 8.36. The summed E-state index contributed by atoms with van der Waals surface area (Å²) in [5.41, 5.74) is 0. The predicted molar refractivity (Wildman–Crippen MR) is 36.4 cm³/mol. The first-order chi connectivity index (χ1) is 3.31. The van der Waals surface area contributed by atoms with Crippen LogP contribution in [0.3, 0.4) is 0 Å². The molecule has 2 nitrogen and oxygen atoms in total. The first-order valence-electron chi connectivity index (χ1n) is 2.29. The van der Waals surface area contributed by atoms with Crippen LogP contribution in [-0.2, 0) is 9.09 Å². The van der Waals surface area contributed by atoms with Gasteiger partial charge in [0.2, 0.25) is 0 Å². The summed E-state index contributed by atoms with van der Waals surface area (Å²) in [7, 11) is -0.210. The first-order valence-corrected chi connectivity index (χ1v) is 3.02. The Labute approximate surface area is 84.2 Å². The van der Waals surface area contributed by atoms with Gasteiger partial charge in [0.1, 0.15) is 0 Å². The summed E-state index contributed by atoms with van der Waals surface area (Å²) in [4.78, 5) is 0. The summed E-state index contributed by atoms with van der Waals surface area (Å²) in [6, 6.07) is 0. The van der Waals surface area contributed by atoms with Crippen LogP contribution in [0.2, 0.25) is 0 Å². The van der Waals surface area contributed by atoms with Gasteiger partial charge in [-0.25, -0.2) is 4.57 Å². The molecule has 0 rings (SSSR count). The minimum absolute atomic E-state index is 0. The summed E-state index contributed by atoms with van der Waals surface area (Å²) in [6.45, 7) is 3.86. The van der Waals surface area contributed by atoms with Gasteiger partial charge in [0, 0.05) is 0 Å². The van der Waals surface area contributed by atoms with Gasteiger partial charge in [0.25, 0.3) is 0 Å². The molecule has 0 saturated carbocycles. The van der Waals surface area contributed by atoms with Crippen molar-refractivity contribution in [1.82, 2.24) is 0 Å². The van der Waals surface area contributed by atoms with E-state index in [0.29, 0.717) is 0 Å². The molecule has 0 amide bonds. The second-order valence-corrected chi connectivity index (χ2v) is 1.76. The zero-order chi connectivity index (χ0) is 5.70. The fourth-order valence-electron chi connectivity index (χ4n) is 0.148. The smallest absolute Gasteiger partial charge is 1.00 e. The second kappa shape index (κ2) is 8.32. The van der Waals surface area contributed by atoms with Crippen molar-refractivity contribution in [2.75, 3.05) is 0 Å². The van der Waals surface area contributed by atoms with Gasteiger partial charge in [-0.15, -0.1) is 0 Å². The number of hydrogen-bond acceptors (Lipinski definition) is 2. The van der Waals surface area contributed by atoms with Crippen LogP contribution in [0.25, 0.3) is 0 Å². The molecule has 0 heterocycles. The van der Waals surface area contributed by atoms with Crippen LogP contribution in [0.4, 0.5) is 0 Å². The average molecular weight is 162 g/mol. The normalized spacial score (nSPS) is 12.8. The van der Waals surface area contributed by atoms with E-state index >= 15 is 0 Å². The van der Waals surface area contributed by atoms with E-state index in [2.05, 4.69) is 4.52 Å². The van der Waals surface area contributed by atoms with Crippen molar-refractivity contribution in [3.8, 4) is 0 Å². The van der Waals surface area contributed by atoms with Gasteiger partial charge >= 0.3 is 46.4 Å². The van der Waals surface area contributed by atoms with Crippen molar-refractivity contribution in [3.63, 3.8) is 0 Å². The topological polar surface area (TPSA) is 26.3 Å². The van der Waals surface area contributed by atoms with Gasteiger partial charge in [-0.05, 0) is 13.3 Å². The van der Waals surface area contributed by atoms with Crippen LogP contribution in [0, 0.1) is 0 Å². The Morgan fingerprint density at radius 2 is 2.38 bits per heavy atom. The molecule has 0 aromatic rings. The Hall–Kier alpha value is 1.32. The minimum atomic E-state index is -0.210. The molecule has 0 N–H and O–H groups in total. The molecule has 0 saturated heterocycles. The van der Waals surface area contributed by atoms with Crippen LogP contribution in [0.1, 0.15) is 23.1 Å². The summed E-state index contributed by atoms with van der Waals surface area (Å²) < 4.78 is 14.3. The molecule has 1 unspecified atom stereocenters. The molecule has 8 heavy (non-hydrogen) atoms. The average Bonchev–Trinajstić information content (AvgIpc) is 1.68. The van der Waals surface area contributed by atoms with Crippen LogP contribution in [-0.4, -0.2) is 43.8 Å². The Bertz CT molecular complexity index is 67.2. The third kappa shape index (κ3) is 7.32. The van der Waals surface area contributed by atoms with Crippen molar-refractivity contribution in [2.24, 2.45) is 0 Å². The van der Waals surface area contributed by atoms with E-state index in [1.165, 1.54) is 0 Å². The van der Waals surface area contributed by atoms with Crippen LogP contribution >= 0.6 is 8.69 Å². The Kier molecular flexibility index (Phi) is 12.5. The molecule has 1 atom stereocenters. The minimum Gasteiger partial charge on any atom is -1.00 e. The van der Waals surface area contributed by atoms with Gasteiger partial charge in [-0.3, -0.25) is 4.52 Å². The largest absolute Gasteiger partial charge is 2.00 e. The van der Waals surface area contributed by atoms with Gasteiger partial charge in [0.05, 0.1) is 6.10 Å². The molecular weight excluding hydrogens is 151 g/mol. The first kappa shape index (κ1) is 12.0. The monoisotopic (exact) mass is 162 g/mol. The molecule has 0 aliphatic heterocycles. The Balaban J connectivity index is -0.0000000600. The maximum Gasteiger partial charge on any atom is 2.00 e. The molecule has 0 aliphatic carbocycles. The molecule has 0 spiro atoms. The van der Waals surface area contributed by atoms with E-state index in [-0.39, 0.29) is 55.4 Å². The summed E-state index contributed by atoms with van der Waals surface area (Å²) in [5.74, 6) is 0. The van der Waals surface area contributed by atoms with Crippen LogP contribution in [0.15, 0.2) is 0 Å². The maximum absolute atomic E-state index is 9.65. The van der Waals surface area contributed by atoms with Gasteiger partial charge in [-0.1, -0.05) is 6.92 Å². The molecule has 46 valence electrons. The molecular formula is C4H11CaO2P. The van der Waals surface area contributed by atoms with Crippen molar-refractivity contribution in [3.05, 3.63) is 0 Å². The van der Waals surface area contributed by atoms with E-state index in [1.54, 1.807) is 0 Å². The Morgan fingerprint density at radius 3 is 2.50 bits per heavy atom. The molecule has 0 aliphatic rings. The zero-order valence-electron chi connectivity index (χ0n) is 7.26. The summed E-state index contributed by atoms with van der Waals surface area (Å²) in [5, 5.41) is 0. The number of rotatable bonds is 3. The fraction of sp³-hybridized carbons (Fsp3) is 1.00. The van der Waals surface area contributed by atoms with Crippen LogP contribution < -0.4 is 0 Å². The van der Waals surface area contributed by atoms with Crippen molar-refractivity contribution in [2.45, 2.75) is 26.4 Å².